The van der Waals surface area contributed by atoms with Crippen molar-refractivity contribution in [2.24, 2.45) is 11.3 Å². The summed E-state index contributed by atoms with van der Waals surface area (Å²) in [6.45, 7) is 2.74. The zero-order valence-electron chi connectivity index (χ0n) is 11.2. The van der Waals surface area contributed by atoms with Crippen LogP contribution in [0.5, 0.6) is 0 Å². The van der Waals surface area contributed by atoms with E-state index in [1.807, 2.05) is 0 Å². The van der Waals surface area contributed by atoms with E-state index in [1.54, 1.807) is 11.8 Å². The number of carbonyl (C=O) groups is 2. The monoisotopic (exact) mass is 253 g/mol. The summed E-state index contributed by atoms with van der Waals surface area (Å²) in [5.41, 5.74) is -0.736. The highest BCUT2D eigenvalue weighted by atomic mass is 16.4. The van der Waals surface area contributed by atoms with Crippen LogP contribution < -0.4 is 0 Å². The Balaban J connectivity index is 1.96. The Hall–Kier alpha value is -1.06. The van der Waals surface area contributed by atoms with E-state index in [-0.39, 0.29) is 11.8 Å². The Morgan fingerprint density at radius 2 is 1.78 bits per heavy atom. The third-order valence-corrected chi connectivity index (χ3v) is 4.51. The lowest BCUT2D eigenvalue weighted by Gasteiger charge is -2.24. The van der Waals surface area contributed by atoms with E-state index in [1.165, 1.54) is 12.8 Å². The Morgan fingerprint density at radius 3 is 2.28 bits per heavy atom. The summed E-state index contributed by atoms with van der Waals surface area (Å²) in [5.74, 6) is -0.441. The zero-order chi connectivity index (χ0) is 13.2. The van der Waals surface area contributed by atoms with E-state index in [0.29, 0.717) is 19.5 Å². The topological polar surface area (TPSA) is 57.6 Å². The fourth-order valence-electron chi connectivity index (χ4n) is 3.11. The second-order valence-electron chi connectivity index (χ2n) is 6.06. The molecule has 0 radical (unpaired) electrons. The highest BCUT2D eigenvalue weighted by Gasteiger charge is 2.43. The first-order valence-electron chi connectivity index (χ1n) is 7.05. The van der Waals surface area contributed by atoms with Crippen LogP contribution in [0, 0.1) is 11.3 Å². The summed E-state index contributed by atoms with van der Waals surface area (Å²) in [7, 11) is 0. The van der Waals surface area contributed by atoms with Gasteiger partial charge in [-0.05, 0) is 26.2 Å². The quantitative estimate of drug-likeness (QED) is 0.768. The molecule has 2 fully saturated rings. The van der Waals surface area contributed by atoms with Gasteiger partial charge in [-0.15, -0.1) is 0 Å². The fraction of sp³-hybridized carbons (Fsp3) is 0.857. The van der Waals surface area contributed by atoms with Gasteiger partial charge >= 0.3 is 5.97 Å². The van der Waals surface area contributed by atoms with Crippen LogP contribution in [-0.2, 0) is 9.59 Å². The van der Waals surface area contributed by atoms with Crippen molar-refractivity contribution in [3.8, 4) is 0 Å². The molecular weight excluding hydrogens is 230 g/mol. The minimum absolute atomic E-state index is 0.142. The van der Waals surface area contributed by atoms with Crippen LogP contribution in [0.1, 0.15) is 51.9 Å². The van der Waals surface area contributed by atoms with Crippen molar-refractivity contribution in [2.45, 2.75) is 51.9 Å². The van der Waals surface area contributed by atoms with Gasteiger partial charge in [-0.25, -0.2) is 0 Å². The third-order valence-electron chi connectivity index (χ3n) is 4.51. The van der Waals surface area contributed by atoms with Crippen molar-refractivity contribution in [1.82, 2.24) is 4.90 Å². The molecule has 1 saturated carbocycles. The second kappa shape index (κ2) is 5.29. The number of likely N-dealkylation sites (tertiary alicyclic amines) is 1. The van der Waals surface area contributed by atoms with Gasteiger partial charge in [-0.1, -0.05) is 25.7 Å². The molecule has 18 heavy (non-hydrogen) atoms. The average molecular weight is 253 g/mol. The molecule has 4 heteroatoms. The highest BCUT2D eigenvalue weighted by molar-refractivity contribution is 5.82. The molecule has 2 rings (SSSR count). The predicted molar refractivity (Wildman–Crippen MR) is 68.1 cm³/mol. The standard InChI is InChI=1S/C14H23NO3/c1-14(13(17)18)8-9-15(10-14)12(16)11-6-4-2-3-5-7-11/h11H,2-10H2,1H3,(H,17,18). The van der Waals surface area contributed by atoms with E-state index in [0.717, 1.165) is 25.7 Å². The van der Waals surface area contributed by atoms with E-state index in [9.17, 15) is 14.7 Å². The summed E-state index contributed by atoms with van der Waals surface area (Å²) in [6, 6.07) is 0. The molecule has 0 aromatic rings. The van der Waals surface area contributed by atoms with Gasteiger partial charge in [0, 0.05) is 19.0 Å². The molecule has 2 aliphatic rings. The zero-order valence-corrected chi connectivity index (χ0v) is 11.2. The molecule has 1 heterocycles. The lowest BCUT2D eigenvalue weighted by Crippen LogP contribution is -2.38. The Bertz CT molecular complexity index is 334. The fourth-order valence-corrected chi connectivity index (χ4v) is 3.11. The van der Waals surface area contributed by atoms with Crippen LogP contribution >= 0.6 is 0 Å². The molecule has 1 atom stereocenters. The number of hydrogen-bond acceptors (Lipinski definition) is 2. The molecule has 1 amide bonds. The molecule has 1 saturated heterocycles. The molecule has 1 unspecified atom stereocenters. The van der Waals surface area contributed by atoms with Crippen molar-refractivity contribution in [1.29, 1.82) is 0 Å². The maximum Gasteiger partial charge on any atom is 0.311 e. The molecule has 0 spiro atoms. The van der Waals surface area contributed by atoms with Crippen molar-refractivity contribution in [2.75, 3.05) is 13.1 Å². The maximum absolute atomic E-state index is 12.4. The SMILES string of the molecule is CC1(C(=O)O)CCN(C(=O)C2CCCCCC2)C1. The Labute approximate surface area is 108 Å². The summed E-state index contributed by atoms with van der Waals surface area (Å²) < 4.78 is 0. The van der Waals surface area contributed by atoms with Gasteiger partial charge in [-0.3, -0.25) is 9.59 Å². The van der Waals surface area contributed by atoms with Crippen LogP contribution in [-0.4, -0.2) is 35.0 Å². The molecule has 4 nitrogen and oxygen atoms in total. The maximum atomic E-state index is 12.4. The van der Waals surface area contributed by atoms with Gasteiger partial charge in [0.05, 0.1) is 5.41 Å². The molecular formula is C14H23NO3. The number of carbonyl (C=O) groups excluding carboxylic acids is 1. The number of carboxylic acid groups (broad SMARTS) is 1. The van der Waals surface area contributed by atoms with Gasteiger partial charge in [0.2, 0.25) is 5.91 Å². The second-order valence-corrected chi connectivity index (χ2v) is 6.06. The van der Waals surface area contributed by atoms with Crippen molar-refractivity contribution < 1.29 is 14.7 Å². The van der Waals surface area contributed by atoms with E-state index in [4.69, 9.17) is 0 Å². The first-order valence-corrected chi connectivity index (χ1v) is 7.05. The normalized spacial score (nSPS) is 30.2. The lowest BCUT2D eigenvalue weighted by molar-refractivity contribution is -0.147. The van der Waals surface area contributed by atoms with Gasteiger partial charge in [0.15, 0.2) is 0 Å². The largest absolute Gasteiger partial charge is 0.481 e. The molecule has 1 aliphatic heterocycles. The van der Waals surface area contributed by atoms with E-state index < -0.39 is 11.4 Å². The first-order chi connectivity index (χ1) is 8.53. The van der Waals surface area contributed by atoms with Crippen molar-refractivity contribution >= 4 is 11.9 Å². The van der Waals surface area contributed by atoms with Crippen LogP contribution in [0.25, 0.3) is 0 Å². The highest BCUT2D eigenvalue weighted by Crippen LogP contribution is 2.33. The third kappa shape index (κ3) is 2.68. The molecule has 0 aromatic carbocycles. The predicted octanol–water partition coefficient (Wildman–Crippen LogP) is 2.28. The van der Waals surface area contributed by atoms with Crippen LogP contribution in [0.4, 0.5) is 0 Å². The van der Waals surface area contributed by atoms with Crippen LogP contribution in [0.2, 0.25) is 0 Å². The van der Waals surface area contributed by atoms with E-state index >= 15 is 0 Å². The molecule has 0 aromatic heterocycles. The number of nitrogens with zero attached hydrogens (tertiary/aromatic N) is 1. The number of carboxylic acids is 1. The van der Waals surface area contributed by atoms with Crippen molar-refractivity contribution in [3.05, 3.63) is 0 Å². The summed E-state index contributed by atoms with van der Waals surface area (Å²) >= 11 is 0. The van der Waals surface area contributed by atoms with Crippen LogP contribution in [0.3, 0.4) is 0 Å². The molecule has 0 bridgehead atoms. The lowest BCUT2D eigenvalue weighted by atomic mass is 9.90. The number of hydrogen-bond donors (Lipinski definition) is 1. The minimum atomic E-state index is -0.779. The van der Waals surface area contributed by atoms with Gasteiger partial charge in [0.1, 0.15) is 0 Å². The Kier molecular flexibility index (Phi) is 3.93. The average Bonchev–Trinajstić information content (AvgIpc) is 2.59. The number of amides is 1. The first kappa shape index (κ1) is 13.4. The summed E-state index contributed by atoms with van der Waals surface area (Å²) in [5, 5.41) is 9.19. The summed E-state index contributed by atoms with van der Waals surface area (Å²) in [6.07, 6.45) is 7.30. The van der Waals surface area contributed by atoms with Gasteiger partial charge < -0.3 is 10.0 Å². The minimum Gasteiger partial charge on any atom is -0.481 e. The molecule has 1 N–H and O–H groups in total. The van der Waals surface area contributed by atoms with Gasteiger partial charge in [-0.2, -0.15) is 0 Å². The number of aliphatic carboxylic acids is 1. The van der Waals surface area contributed by atoms with E-state index in [2.05, 4.69) is 0 Å². The smallest absolute Gasteiger partial charge is 0.311 e. The Morgan fingerprint density at radius 1 is 1.17 bits per heavy atom. The van der Waals surface area contributed by atoms with Gasteiger partial charge in [0.25, 0.3) is 0 Å². The molecule has 1 aliphatic carbocycles. The van der Waals surface area contributed by atoms with Crippen molar-refractivity contribution in [3.63, 3.8) is 0 Å². The molecule has 102 valence electrons. The van der Waals surface area contributed by atoms with Crippen LogP contribution in [0.15, 0.2) is 0 Å². The summed E-state index contributed by atoms with van der Waals surface area (Å²) in [4.78, 5) is 25.4. The number of rotatable bonds is 2.